The van der Waals surface area contributed by atoms with Gasteiger partial charge in [-0.1, -0.05) is 42.1 Å². The number of aliphatic hydroxyl groups excluding tert-OH is 2. The first-order valence-electron chi connectivity index (χ1n) is 7.14. The minimum absolute atomic E-state index is 0.196. The summed E-state index contributed by atoms with van der Waals surface area (Å²) in [6.07, 6.45) is 7.06. The van der Waals surface area contributed by atoms with Gasteiger partial charge in [0.05, 0.1) is 14.2 Å². The minimum Gasteiger partial charge on any atom is -0.396 e. The lowest BCUT2D eigenvalue weighted by molar-refractivity contribution is 0.159. The highest BCUT2D eigenvalue weighted by Crippen LogP contribution is 2.42. The van der Waals surface area contributed by atoms with Crippen molar-refractivity contribution in [2.45, 2.75) is 57.8 Å². The van der Waals surface area contributed by atoms with Gasteiger partial charge in [-0.05, 0) is 32.1 Å². The Hall–Kier alpha value is -0.383. The summed E-state index contributed by atoms with van der Waals surface area (Å²) in [6.45, 7) is 7.46. The number of allylic oxidation sites excluding steroid dienone is 1. The minimum atomic E-state index is -1.28. The van der Waals surface area contributed by atoms with Gasteiger partial charge in [0.25, 0.3) is 0 Å². The molecule has 2 N–H and O–H groups in total. The molecular weight excluding hydrogens is 240 g/mol. The van der Waals surface area contributed by atoms with Gasteiger partial charge >= 0.3 is 0 Å². The predicted octanol–water partition coefficient (Wildman–Crippen LogP) is 3.03. The van der Waals surface area contributed by atoms with Gasteiger partial charge in [-0.3, -0.25) is 0 Å². The molecule has 0 saturated heterocycles. The van der Waals surface area contributed by atoms with Crippen molar-refractivity contribution >= 4 is 8.07 Å². The van der Waals surface area contributed by atoms with E-state index in [4.69, 9.17) is 5.11 Å². The maximum atomic E-state index is 10.2. The van der Waals surface area contributed by atoms with Crippen LogP contribution >= 0.6 is 0 Å². The molecule has 2 aliphatic rings. The molecule has 0 amide bonds. The lowest BCUT2D eigenvalue weighted by Gasteiger charge is -2.25. The lowest BCUT2D eigenvalue weighted by Crippen LogP contribution is -2.26. The SMILES string of the molecule is C[Si](C)(C)C1=C2CC[C@H](O)[C@@H]2C=C(CCO)CC1. The molecule has 1 saturated carbocycles. The first-order valence-corrected chi connectivity index (χ1v) is 10.6. The molecule has 0 aromatic heterocycles. The second-order valence-electron chi connectivity index (χ2n) is 6.68. The zero-order valence-corrected chi connectivity index (χ0v) is 12.9. The Balaban J connectivity index is 2.34. The summed E-state index contributed by atoms with van der Waals surface area (Å²) >= 11 is 0. The third-order valence-electron chi connectivity index (χ3n) is 4.36. The largest absolute Gasteiger partial charge is 0.396 e. The molecule has 2 rings (SSSR count). The Morgan fingerprint density at radius 3 is 2.56 bits per heavy atom. The van der Waals surface area contributed by atoms with Crippen LogP contribution in [0.4, 0.5) is 0 Å². The van der Waals surface area contributed by atoms with Gasteiger partial charge in [0.15, 0.2) is 0 Å². The molecule has 0 aliphatic heterocycles. The summed E-state index contributed by atoms with van der Waals surface area (Å²) < 4.78 is 0. The summed E-state index contributed by atoms with van der Waals surface area (Å²) in [7, 11) is -1.28. The average molecular weight is 266 g/mol. The van der Waals surface area contributed by atoms with Crippen LogP contribution in [-0.2, 0) is 0 Å². The molecule has 0 bridgehead atoms. The summed E-state index contributed by atoms with van der Waals surface area (Å²) in [4.78, 5) is 0. The molecule has 1 fully saturated rings. The molecule has 0 unspecified atom stereocenters. The average Bonchev–Trinajstić information content (AvgIpc) is 2.52. The van der Waals surface area contributed by atoms with Crippen LogP contribution in [0.2, 0.25) is 19.6 Å². The molecule has 18 heavy (non-hydrogen) atoms. The number of hydrogen-bond acceptors (Lipinski definition) is 2. The van der Waals surface area contributed by atoms with E-state index >= 15 is 0 Å². The summed E-state index contributed by atoms with van der Waals surface area (Å²) in [6, 6.07) is 0. The van der Waals surface area contributed by atoms with Crippen molar-refractivity contribution in [2.75, 3.05) is 6.61 Å². The van der Waals surface area contributed by atoms with Crippen LogP contribution < -0.4 is 0 Å². The maximum absolute atomic E-state index is 10.2. The molecule has 0 aromatic rings. The van der Waals surface area contributed by atoms with E-state index in [1.54, 1.807) is 5.20 Å². The number of aliphatic hydroxyl groups is 2. The summed E-state index contributed by atoms with van der Waals surface area (Å²) in [5, 5.41) is 21.0. The Labute approximate surface area is 111 Å². The number of rotatable bonds is 3. The fourth-order valence-electron chi connectivity index (χ4n) is 3.44. The smallest absolute Gasteiger partial charge is 0.0724 e. The highest BCUT2D eigenvalue weighted by atomic mass is 28.3. The van der Waals surface area contributed by atoms with Crippen LogP contribution in [0.15, 0.2) is 22.4 Å². The van der Waals surface area contributed by atoms with Gasteiger partial charge in [-0.2, -0.15) is 0 Å². The molecule has 0 radical (unpaired) electrons. The van der Waals surface area contributed by atoms with E-state index in [1.807, 2.05) is 0 Å². The number of hydrogen-bond donors (Lipinski definition) is 2. The van der Waals surface area contributed by atoms with Gasteiger partial charge in [-0.15, -0.1) is 0 Å². The Bertz CT molecular complexity index is 376. The maximum Gasteiger partial charge on any atom is 0.0724 e. The fourth-order valence-corrected chi connectivity index (χ4v) is 5.57. The second-order valence-corrected chi connectivity index (χ2v) is 11.8. The molecule has 2 atom stereocenters. The van der Waals surface area contributed by atoms with Crippen molar-refractivity contribution in [2.24, 2.45) is 5.92 Å². The van der Waals surface area contributed by atoms with Gasteiger partial charge < -0.3 is 10.2 Å². The number of fused-ring (bicyclic) bond motifs is 1. The van der Waals surface area contributed by atoms with Crippen LogP contribution in [-0.4, -0.2) is 31.0 Å². The van der Waals surface area contributed by atoms with E-state index in [1.165, 1.54) is 11.1 Å². The molecule has 3 heteroatoms. The zero-order valence-electron chi connectivity index (χ0n) is 11.9. The molecule has 2 aliphatic carbocycles. The first-order chi connectivity index (χ1) is 8.43. The topological polar surface area (TPSA) is 40.5 Å². The Morgan fingerprint density at radius 1 is 1.22 bits per heavy atom. The highest BCUT2D eigenvalue weighted by Gasteiger charge is 2.35. The second kappa shape index (κ2) is 5.31. The molecule has 0 heterocycles. The van der Waals surface area contributed by atoms with Gasteiger partial charge in [0.2, 0.25) is 0 Å². The van der Waals surface area contributed by atoms with E-state index in [9.17, 15) is 5.11 Å². The van der Waals surface area contributed by atoms with E-state index < -0.39 is 8.07 Å². The first kappa shape index (κ1) is 14.0. The monoisotopic (exact) mass is 266 g/mol. The summed E-state index contributed by atoms with van der Waals surface area (Å²) in [5.74, 6) is 0.246. The van der Waals surface area contributed by atoms with E-state index in [2.05, 4.69) is 25.7 Å². The quantitative estimate of drug-likeness (QED) is 0.609. The van der Waals surface area contributed by atoms with Crippen molar-refractivity contribution in [3.63, 3.8) is 0 Å². The third-order valence-corrected chi connectivity index (χ3v) is 6.75. The Morgan fingerprint density at radius 2 is 1.94 bits per heavy atom. The predicted molar refractivity (Wildman–Crippen MR) is 78.1 cm³/mol. The van der Waals surface area contributed by atoms with Crippen molar-refractivity contribution in [1.82, 2.24) is 0 Å². The molecule has 102 valence electrons. The van der Waals surface area contributed by atoms with Gasteiger partial charge in [-0.25, -0.2) is 0 Å². The third kappa shape index (κ3) is 2.78. The molecule has 0 aromatic carbocycles. The van der Waals surface area contributed by atoms with E-state index in [0.29, 0.717) is 0 Å². The van der Waals surface area contributed by atoms with E-state index in [-0.39, 0.29) is 18.6 Å². The molecule has 2 nitrogen and oxygen atoms in total. The van der Waals surface area contributed by atoms with Crippen LogP contribution in [0.3, 0.4) is 0 Å². The zero-order chi connectivity index (χ0) is 13.3. The lowest BCUT2D eigenvalue weighted by atomic mass is 9.98. The van der Waals surface area contributed by atoms with Crippen LogP contribution in [0.5, 0.6) is 0 Å². The summed E-state index contributed by atoms with van der Waals surface area (Å²) in [5.41, 5.74) is 2.88. The van der Waals surface area contributed by atoms with Crippen molar-refractivity contribution in [3.8, 4) is 0 Å². The normalized spacial score (nSPS) is 29.1. The van der Waals surface area contributed by atoms with Gasteiger partial charge in [0.1, 0.15) is 0 Å². The molecule has 0 spiro atoms. The van der Waals surface area contributed by atoms with Crippen molar-refractivity contribution in [3.05, 3.63) is 22.4 Å². The van der Waals surface area contributed by atoms with Crippen molar-refractivity contribution in [1.29, 1.82) is 0 Å². The fraction of sp³-hybridized carbons (Fsp3) is 0.733. The van der Waals surface area contributed by atoms with Crippen LogP contribution in [0.25, 0.3) is 0 Å². The van der Waals surface area contributed by atoms with Gasteiger partial charge in [0, 0.05) is 12.5 Å². The van der Waals surface area contributed by atoms with Crippen molar-refractivity contribution < 1.29 is 10.2 Å². The molecular formula is C15H26O2Si. The standard InChI is InChI=1S/C15H26O2Si/c1-18(2,3)15-7-4-11(8-9-16)10-13-12(15)5-6-14(13)17/h10,13-14,16-17H,4-9H2,1-3H3/t13-,14+/m1/s1. The Kier molecular flexibility index (Phi) is 4.14. The van der Waals surface area contributed by atoms with Crippen LogP contribution in [0.1, 0.15) is 32.1 Å². The highest BCUT2D eigenvalue weighted by molar-refractivity contribution is 6.83. The van der Waals surface area contributed by atoms with Crippen LogP contribution in [0, 0.1) is 5.92 Å². The van der Waals surface area contributed by atoms with E-state index in [0.717, 1.165) is 32.1 Å².